The number of rotatable bonds is 7. The highest BCUT2D eigenvalue weighted by Gasteiger charge is 2.32. The summed E-state index contributed by atoms with van der Waals surface area (Å²) in [4.78, 5) is 26.1. The van der Waals surface area contributed by atoms with Crippen LogP contribution in [-0.4, -0.2) is 41.6 Å². The second-order valence-corrected chi connectivity index (χ2v) is 5.47. The summed E-state index contributed by atoms with van der Waals surface area (Å²) in [5.74, 6) is 0.184. The Labute approximate surface area is 152 Å². The fourth-order valence-corrected chi connectivity index (χ4v) is 2.57. The lowest BCUT2D eigenvalue weighted by atomic mass is 10.1. The number of amides is 2. The van der Waals surface area contributed by atoms with Crippen LogP contribution in [0.25, 0.3) is 6.08 Å². The Morgan fingerprint density at radius 3 is 2.60 bits per heavy atom. The van der Waals surface area contributed by atoms with Gasteiger partial charge in [0.25, 0.3) is 11.8 Å². The van der Waals surface area contributed by atoms with Crippen LogP contribution in [0.15, 0.2) is 36.4 Å². The Bertz CT molecular complexity index is 743. The number of hydrogen-bond acceptors (Lipinski definition) is 5. The molecule has 1 aromatic carbocycles. The van der Waals surface area contributed by atoms with Gasteiger partial charge in [0.1, 0.15) is 17.1 Å². The lowest BCUT2D eigenvalue weighted by molar-refractivity contribution is -0.128. The molecule has 7 heteroatoms. The number of thiocarbonyl (C=S) groups is 1. The lowest BCUT2D eigenvalue weighted by Gasteiger charge is -2.27. The number of carbonyl (C=O) groups is 2. The fourth-order valence-electron chi connectivity index (χ4n) is 2.32. The molecule has 0 radical (unpaired) electrons. The largest absolute Gasteiger partial charge is 0.494 e. The average molecular weight is 360 g/mol. The SMILES string of the molecule is C=CCN1C(=O)C(=Cc2ccc(OCC)cc2OCC)C(=O)NC1=S. The van der Waals surface area contributed by atoms with Crippen LogP contribution in [0.2, 0.25) is 0 Å². The van der Waals surface area contributed by atoms with Gasteiger partial charge in [-0.25, -0.2) is 0 Å². The van der Waals surface area contributed by atoms with E-state index in [9.17, 15) is 9.59 Å². The number of nitrogens with one attached hydrogen (secondary N) is 1. The van der Waals surface area contributed by atoms with Crippen LogP contribution in [-0.2, 0) is 9.59 Å². The Hall–Kier alpha value is -2.67. The van der Waals surface area contributed by atoms with Gasteiger partial charge in [-0.3, -0.25) is 19.8 Å². The van der Waals surface area contributed by atoms with E-state index >= 15 is 0 Å². The second-order valence-electron chi connectivity index (χ2n) is 5.09. The number of benzene rings is 1. The van der Waals surface area contributed by atoms with E-state index in [0.29, 0.717) is 30.3 Å². The summed E-state index contributed by atoms with van der Waals surface area (Å²) in [5.41, 5.74) is 0.593. The zero-order valence-electron chi connectivity index (χ0n) is 14.2. The van der Waals surface area contributed by atoms with Gasteiger partial charge in [0, 0.05) is 18.2 Å². The smallest absolute Gasteiger partial charge is 0.265 e. The molecular weight excluding hydrogens is 340 g/mol. The molecule has 1 aromatic rings. The zero-order valence-corrected chi connectivity index (χ0v) is 15.0. The first-order chi connectivity index (χ1) is 12.0. The molecule has 1 saturated heterocycles. The molecular formula is C18H20N2O4S. The Morgan fingerprint density at radius 2 is 1.96 bits per heavy atom. The first-order valence-electron chi connectivity index (χ1n) is 7.91. The Kier molecular flexibility index (Phi) is 6.30. The Balaban J connectivity index is 2.43. The van der Waals surface area contributed by atoms with Crippen molar-refractivity contribution in [2.45, 2.75) is 13.8 Å². The van der Waals surface area contributed by atoms with Crippen molar-refractivity contribution >= 4 is 35.2 Å². The molecule has 2 amide bonds. The molecule has 0 atom stereocenters. The first-order valence-corrected chi connectivity index (χ1v) is 8.32. The van der Waals surface area contributed by atoms with E-state index in [1.54, 1.807) is 24.3 Å². The second kappa shape index (κ2) is 8.43. The molecule has 6 nitrogen and oxygen atoms in total. The minimum atomic E-state index is -0.536. The highest BCUT2D eigenvalue weighted by atomic mass is 32.1. The number of ether oxygens (including phenoxy) is 2. The van der Waals surface area contributed by atoms with Gasteiger partial charge in [-0.05, 0) is 44.3 Å². The van der Waals surface area contributed by atoms with Gasteiger partial charge in [-0.15, -0.1) is 6.58 Å². The van der Waals surface area contributed by atoms with Crippen molar-refractivity contribution in [3.05, 3.63) is 42.0 Å². The lowest BCUT2D eigenvalue weighted by Crippen LogP contribution is -2.53. The van der Waals surface area contributed by atoms with Gasteiger partial charge in [0.05, 0.1) is 13.2 Å². The molecule has 0 aliphatic carbocycles. The van der Waals surface area contributed by atoms with Crippen molar-refractivity contribution in [2.24, 2.45) is 0 Å². The van der Waals surface area contributed by atoms with Crippen LogP contribution in [0, 0.1) is 0 Å². The molecule has 1 aliphatic heterocycles. The van der Waals surface area contributed by atoms with Crippen LogP contribution < -0.4 is 14.8 Å². The molecule has 1 aliphatic rings. The van der Waals surface area contributed by atoms with Gasteiger partial charge in [-0.1, -0.05) is 6.08 Å². The summed E-state index contributed by atoms with van der Waals surface area (Å²) in [7, 11) is 0. The minimum absolute atomic E-state index is 0.0134. The van der Waals surface area contributed by atoms with Gasteiger partial charge < -0.3 is 9.47 Å². The van der Waals surface area contributed by atoms with Crippen molar-refractivity contribution in [1.82, 2.24) is 10.2 Å². The standard InChI is InChI=1S/C18H20N2O4S/c1-4-9-20-17(22)14(16(21)19-18(20)25)10-12-7-8-13(23-5-2)11-15(12)24-6-3/h4,7-8,10-11H,1,5-6,9H2,2-3H3,(H,19,21,25). The maximum Gasteiger partial charge on any atom is 0.265 e. The topological polar surface area (TPSA) is 67.9 Å². The van der Waals surface area contributed by atoms with Crippen molar-refractivity contribution in [2.75, 3.05) is 19.8 Å². The van der Waals surface area contributed by atoms with Crippen LogP contribution in [0.1, 0.15) is 19.4 Å². The molecule has 132 valence electrons. The van der Waals surface area contributed by atoms with Gasteiger partial charge >= 0.3 is 0 Å². The van der Waals surface area contributed by atoms with Crippen molar-refractivity contribution in [3.63, 3.8) is 0 Å². The number of hydrogen-bond donors (Lipinski definition) is 1. The summed E-state index contributed by atoms with van der Waals surface area (Å²) in [6, 6.07) is 5.24. The van der Waals surface area contributed by atoms with E-state index in [1.165, 1.54) is 11.0 Å². The van der Waals surface area contributed by atoms with Crippen molar-refractivity contribution in [3.8, 4) is 11.5 Å². The summed E-state index contributed by atoms with van der Waals surface area (Å²) in [6.45, 7) is 8.53. The Morgan fingerprint density at radius 1 is 1.24 bits per heavy atom. The minimum Gasteiger partial charge on any atom is -0.494 e. The van der Waals surface area contributed by atoms with Gasteiger partial charge in [0.15, 0.2) is 5.11 Å². The molecule has 0 spiro atoms. The van der Waals surface area contributed by atoms with Crippen LogP contribution >= 0.6 is 12.2 Å². The molecule has 1 heterocycles. The molecule has 0 aromatic heterocycles. The normalized spacial score (nSPS) is 16.0. The van der Waals surface area contributed by atoms with E-state index in [1.807, 2.05) is 13.8 Å². The third-order valence-corrected chi connectivity index (χ3v) is 3.72. The van der Waals surface area contributed by atoms with Gasteiger partial charge in [0.2, 0.25) is 0 Å². The number of carbonyl (C=O) groups excluding carboxylic acids is 2. The van der Waals surface area contributed by atoms with Gasteiger partial charge in [-0.2, -0.15) is 0 Å². The molecule has 0 unspecified atom stereocenters. The highest BCUT2D eigenvalue weighted by molar-refractivity contribution is 7.80. The van der Waals surface area contributed by atoms with E-state index in [4.69, 9.17) is 21.7 Å². The first kappa shape index (κ1) is 18.7. The quantitative estimate of drug-likeness (QED) is 0.350. The highest BCUT2D eigenvalue weighted by Crippen LogP contribution is 2.28. The van der Waals surface area contributed by atoms with E-state index in [0.717, 1.165) is 0 Å². The van der Waals surface area contributed by atoms with E-state index in [2.05, 4.69) is 11.9 Å². The van der Waals surface area contributed by atoms with Crippen molar-refractivity contribution in [1.29, 1.82) is 0 Å². The van der Waals surface area contributed by atoms with E-state index < -0.39 is 11.8 Å². The zero-order chi connectivity index (χ0) is 18.4. The van der Waals surface area contributed by atoms with Crippen LogP contribution in [0.5, 0.6) is 11.5 Å². The molecule has 0 bridgehead atoms. The summed E-state index contributed by atoms with van der Waals surface area (Å²) in [6.07, 6.45) is 3.04. The number of nitrogens with zero attached hydrogens (tertiary/aromatic N) is 1. The fraction of sp³-hybridized carbons (Fsp3) is 0.278. The summed E-state index contributed by atoms with van der Waals surface area (Å²) < 4.78 is 11.1. The van der Waals surface area contributed by atoms with E-state index in [-0.39, 0.29) is 17.2 Å². The van der Waals surface area contributed by atoms with Crippen LogP contribution in [0.4, 0.5) is 0 Å². The van der Waals surface area contributed by atoms with Crippen molar-refractivity contribution < 1.29 is 19.1 Å². The molecule has 2 rings (SSSR count). The average Bonchev–Trinajstić information content (AvgIpc) is 2.57. The maximum absolute atomic E-state index is 12.6. The molecule has 1 fully saturated rings. The summed E-state index contributed by atoms with van der Waals surface area (Å²) in [5, 5.41) is 2.59. The maximum atomic E-state index is 12.6. The summed E-state index contributed by atoms with van der Waals surface area (Å²) >= 11 is 5.03. The predicted molar refractivity (Wildman–Crippen MR) is 99.4 cm³/mol. The third-order valence-electron chi connectivity index (χ3n) is 3.39. The molecule has 25 heavy (non-hydrogen) atoms. The molecule has 0 saturated carbocycles. The monoisotopic (exact) mass is 360 g/mol. The third kappa shape index (κ3) is 4.24. The predicted octanol–water partition coefficient (Wildman–Crippen LogP) is 2.30. The molecule has 1 N–H and O–H groups in total. The van der Waals surface area contributed by atoms with Crippen LogP contribution in [0.3, 0.4) is 0 Å².